The van der Waals surface area contributed by atoms with Gasteiger partial charge in [-0.05, 0) is 13.0 Å². The summed E-state index contributed by atoms with van der Waals surface area (Å²) in [4.78, 5) is 15.5. The topological polar surface area (TPSA) is 81.2 Å². The van der Waals surface area contributed by atoms with Crippen molar-refractivity contribution >= 4 is 17.4 Å². The zero-order valence-electron chi connectivity index (χ0n) is 10.5. The van der Waals surface area contributed by atoms with Gasteiger partial charge in [-0.1, -0.05) is 17.8 Å². The van der Waals surface area contributed by atoms with Crippen LogP contribution in [0.3, 0.4) is 0 Å². The molecule has 0 saturated heterocycles. The summed E-state index contributed by atoms with van der Waals surface area (Å²) in [6.07, 6.45) is 1.59. The van der Waals surface area contributed by atoms with Crippen molar-refractivity contribution in [2.24, 2.45) is 7.05 Å². The van der Waals surface area contributed by atoms with Crippen molar-refractivity contribution in [1.29, 1.82) is 0 Å². The van der Waals surface area contributed by atoms with Gasteiger partial charge in [-0.3, -0.25) is 10.1 Å². The van der Waals surface area contributed by atoms with E-state index in [4.69, 9.17) is 5.11 Å². The zero-order chi connectivity index (χ0) is 14.0. The fourth-order valence-corrected chi connectivity index (χ4v) is 2.64. The van der Waals surface area contributed by atoms with Gasteiger partial charge >= 0.3 is 0 Å². The molecule has 6 nitrogen and oxygen atoms in total. The SMILES string of the molecule is Cc1c(Sc2ncc(CO)n2C)cccc1[N+](=O)[O-]. The highest BCUT2D eigenvalue weighted by Crippen LogP contribution is 2.33. The van der Waals surface area contributed by atoms with Gasteiger partial charge in [0.2, 0.25) is 0 Å². The first-order valence-corrected chi connectivity index (χ1v) is 6.39. The number of nitro groups is 1. The van der Waals surface area contributed by atoms with Crippen molar-refractivity contribution in [1.82, 2.24) is 9.55 Å². The smallest absolute Gasteiger partial charge is 0.273 e. The molecule has 1 aromatic heterocycles. The summed E-state index contributed by atoms with van der Waals surface area (Å²) < 4.78 is 1.77. The van der Waals surface area contributed by atoms with Crippen LogP contribution in [0.1, 0.15) is 11.3 Å². The molecule has 0 bridgehead atoms. The van der Waals surface area contributed by atoms with Gasteiger partial charge in [0.15, 0.2) is 5.16 Å². The fraction of sp³-hybridized carbons (Fsp3) is 0.250. The van der Waals surface area contributed by atoms with Crippen LogP contribution in [0.25, 0.3) is 0 Å². The largest absolute Gasteiger partial charge is 0.390 e. The van der Waals surface area contributed by atoms with E-state index in [1.807, 2.05) is 6.07 Å². The number of aliphatic hydroxyl groups excluding tert-OH is 1. The second-order valence-electron chi connectivity index (χ2n) is 4.01. The van der Waals surface area contributed by atoms with Crippen molar-refractivity contribution in [3.05, 3.63) is 45.8 Å². The summed E-state index contributed by atoms with van der Waals surface area (Å²) in [7, 11) is 1.80. The van der Waals surface area contributed by atoms with Gasteiger partial charge in [-0.2, -0.15) is 0 Å². The Morgan fingerprint density at radius 2 is 2.26 bits per heavy atom. The highest BCUT2D eigenvalue weighted by atomic mass is 32.2. The molecule has 0 saturated carbocycles. The summed E-state index contributed by atoms with van der Waals surface area (Å²) in [5, 5.41) is 20.7. The average Bonchev–Trinajstić information content (AvgIpc) is 2.72. The van der Waals surface area contributed by atoms with Crippen LogP contribution in [0, 0.1) is 17.0 Å². The molecular weight excluding hydrogens is 266 g/mol. The number of hydrogen-bond acceptors (Lipinski definition) is 5. The third kappa shape index (κ3) is 2.61. The van der Waals surface area contributed by atoms with Gasteiger partial charge in [0.1, 0.15) is 0 Å². The lowest BCUT2D eigenvalue weighted by Gasteiger charge is -2.06. The highest BCUT2D eigenvalue weighted by Gasteiger charge is 2.16. The summed E-state index contributed by atoms with van der Waals surface area (Å²) in [6.45, 7) is 1.63. The number of nitrogens with zero attached hydrogens (tertiary/aromatic N) is 3. The van der Waals surface area contributed by atoms with Gasteiger partial charge in [-0.15, -0.1) is 0 Å². The molecular formula is C12H13N3O3S. The van der Waals surface area contributed by atoms with Crippen LogP contribution in [0.15, 0.2) is 34.4 Å². The molecule has 0 radical (unpaired) electrons. The van der Waals surface area contributed by atoms with E-state index in [0.29, 0.717) is 16.4 Å². The van der Waals surface area contributed by atoms with Gasteiger partial charge < -0.3 is 9.67 Å². The Morgan fingerprint density at radius 3 is 2.84 bits per heavy atom. The number of benzene rings is 1. The maximum Gasteiger partial charge on any atom is 0.273 e. The van der Waals surface area contributed by atoms with E-state index < -0.39 is 4.92 Å². The molecule has 2 aromatic rings. The number of aliphatic hydroxyl groups is 1. The first-order chi connectivity index (χ1) is 9.04. The van der Waals surface area contributed by atoms with Gasteiger partial charge in [0.25, 0.3) is 5.69 Å². The summed E-state index contributed by atoms with van der Waals surface area (Å²) in [6, 6.07) is 4.96. The van der Waals surface area contributed by atoms with Crippen molar-refractivity contribution in [3.63, 3.8) is 0 Å². The highest BCUT2D eigenvalue weighted by molar-refractivity contribution is 7.99. The predicted molar refractivity (Wildman–Crippen MR) is 71.1 cm³/mol. The molecule has 1 aromatic carbocycles. The minimum absolute atomic E-state index is 0.0853. The Morgan fingerprint density at radius 1 is 1.53 bits per heavy atom. The predicted octanol–water partition coefficient (Wildman–Crippen LogP) is 2.28. The molecule has 0 spiro atoms. The molecule has 100 valence electrons. The maximum atomic E-state index is 10.9. The Hall–Kier alpha value is -1.86. The van der Waals surface area contributed by atoms with Crippen molar-refractivity contribution in [3.8, 4) is 0 Å². The van der Waals surface area contributed by atoms with E-state index in [-0.39, 0.29) is 12.3 Å². The first kappa shape index (κ1) is 13.6. The second kappa shape index (κ2) is 5.41. The zero-order valence-corrected chi connectivity index (χ0v) is 11.3. The second-order valence-corrected chi connectivity index (χ2v) is 5.02. The van der Waals surface area contributed by atoms with Crippen LogP contribution >= 0.6 is 11.8 Å². The molecule has 0 atom stereocenters. The first-order valence-electron chi connectivity index (χ1n) is 5.58. The van der Waals surface area contributed by atoms with E-state index in [1.165, 1.54) is 17.8 Å². The van der Waals surface area contributed by atoms with Gasteiger partial charge in [-0.25, -0.2) is 4.98 Å². The third-order valence-electron chi connectivity index (χ3n) is 2.86. The standard InChI is InChI=1S/C12H13N3O3S/c1-8-10(15(17)18)4-3-5-11(8)19-12-13-6-9(7-16)14(12)2/h3-6,16H,7H2,1-2H3. The Labute approximate surface area is 114 Å². The molecule has 0 fully saturated rings. The van der Waals surface area contributed by atoms with Crippen LogP contribution in [0.5, 0.6) is 0 Å². The summed E-state index contributed by atoms with van der Waals surface area (Å²) in [5.41, 5.74) is 1.42. The van der Waals surface area contributed by atoms with E-state index in [9.17, 15) is 10.1 Å². The van der Waals surface area contributed by atoms with Gasteiger partial charge in [0.05, 0.1) is 23.4 Å². The Balaban J connectivity index is 2.36. The van der Waals surface area contributed by atoms with Crippen LogP contribution in [-0.4, -0.2) is 19.6 Å². The van der Waals surface area contributed by atoms with Crippen LogP contribution in [-0.2, 0) is 13.7 Å². The van der Waals surface area contributed by atoms with E-state index >= 15 is 0 Å². The molecule has 1 N–H and O–H groups in total. The molecule has 1 heterocycles. The van der Waals surface area contributed by atoms with Crippen molar-refractivity contribution in [2.75, 3.05) is 0 Å². The molecule has 2 rings (SSSR count). The minimum Gasteiger partial charge on any atom is -0.390 e. The lowest BCUT2D eigenvalue weighted by molar-refractivity contribution is -0.385. The maximum absolute atomic E-state index is 10.9. The number of rotatable bonds is 4. The van der Waals surface area contributed by atoms with Crippen LogP contribution in [0.2, 0.25) is 0 Å². The lowest BCUT2D eigenvalue weighted by Crippen LogP contribution is -1.98. The van der Waals surface area contributed by atoms with Crippen LogP contribution in [0.4, 0.5) is 5.69 Å². The molecule has 0 aliphatic carbocycles. The molecule has 0 aliphatic heterocycles. The summed E-state index contributed by atoms with van der Waals surface area (Å²) >= 11 is 1.34. The molecule has 19 heavy (non-hydrogen) atoms. The Bertz CT molecular complexity index is 625. The number of nitro benzene ring substituents is 1. The van der Waals surface area contributed by atoms with Gasteiger partial charge in [0, 0.05) is 23.6 Å². The summed E-state index contributed by atoms with van der Waals surface area (Å²) in [5.74, 6) is 0. The number of hydrogen-bond donors (Lipinski definition) is 1. The van der Waals surface area contributed by atoms with Crippen molar-refractivity contribution < 1.29 is 10.0 Å². The third-order valence-corrected chi connectivity index (χ3v) is 4.08. The van der Waals surface area contributed by atoms with Crippen molar-refractivity contribution in [2.45, 2.75) is 23.6 Å². The number of imidazole rings is 1. The number of aromatic nitrogens is 2. The van der Waals surface area contributed by atoms with E-state index in [0.717, 1.165) is 4.90 Å². The van der Waals surface area contributed by atoms with E-state index in [1.54, 1.807) is 30.8 Å². The minimum atomic E-state index is -0.392. The monoisotopic (exact) mass is 279 g/mol. The quantitative estimate of drug-likeness (QED) is 0.686. The average molecular weight is 279 g/mol. The fourth-order valence-electron chi connectivity index (χ4n) is 1.68. The van der Waals surface area contributed by atoms with E-state index in [2.05, 4.69) is 4.98 Å². The Kier molecular flexibility index (Phi) is 3.87. The molecule has 0 aliphatic rings. The molecule has 0 unspecified atom stereocenters. The van der Waals surface area contributed by atoms with Crippen LogP contribution < -0.4 is 0 Å². The lowest BCUT2D eigenvalue weighted by atomic mass is 10.2. The molecule has 7 heteroatoms. The normalized spacial score (nSPS) is 10.7. The molecule has 0 amide bonds.